The summed E-state index contributed by atoms with van der Waals surface area (Å²) in [6.45, 7) is 1.68. The molecule has 4 heterocycles. The van der Waals surface area contributed by atoms with Gasteiger partial charge in [0.25, 0.3) is 5.92 Å². The van der Waals surface area contributed by atoms with Gasteiger partial charge in [0, 0.05) is 25.3 Å². The minimum atomic E-state index is -2.89. The number of hydrogen-bond acceptors (Lipinski definition) is 9. The highest BCUT2D eigenvalue weighted by Crippen LogP contribution is 2.31. The molecule has 1 saturated heterocycles. The highest BCUT2D eigenvalue weighted by molar-refractivity contribution is 5.87. The van der Waals surface area contributed by atoms with E-state index in [2.05, 4.69) is 40.9 Å². The molecule has 3 aromatic heterocycles. The van der Waals surface area contributed by atoms with E-state index < -0.39 is 12.0 Å². The normalized spacial score (nSPS) is 16.8. The smallest absolute Gasteiger partial charge is 0.281 e. The fraction of sp³-hybridized carbons (Fsp3) is 0.240. The van der Waals surface area contributed by atoms with Crippen molar-refractivity contribution in [2.45, 2.75) is 18.9 Å². The lowest BCUT2D eigenvalue weighted by molar-refractivity contribution is 0.0137. The number of hydrogen-bond donors (Lipinski definition) is 3. The van der Waals surface area contributed by atoms with Crippen molar-refractivity contribution in [1.29, 1.82) is 0 Å². The summed E-state index contributed by atoms with van der Waals surface area (Å²) in [5.41, 5.74) is 4.44. The van der Waals surface area contributed by atoms with Crippen molar-refractivity contribution in [3.8, 4) is 11.5 Å². The number of benzene rings is 2. The van der Waals surface area contributed by atoms with Crippen LogP contribution in [-0.4, -0.2) is 54.5 Å². The molecule has 0 spiro atoms. The van der Waals surface area contributed by atoms with E-state index >= 15 is 0 Å². The Morgan fingerprint density at radius 1 is 1.08 bits per heavy atom. The molecule has 6 rings (SSSR count). The molecule has 2 aromatic carbocycles. The molecule has 3 N–H and O–H groups in total. The molecule has 0 bridgehead atoms. The Balaban J connectivity index is 1.23. The van der Waals surface area contributed by atoms with E-state index in [-0.39, 0.29) is 19.0 Å². The minimum Gasteiger partial charge on any atom is -0.457 e. The summed E-state index contributed by atoms with van der Waals surface area (Å²) in [4.78, 5) is 21.5. The molecule has 0 saturated carbocycles. The molecule has 10 nitrogen and oxygen atoms in total. The van der Waals surface area contributed by atoms with Gasteiger partial charge in [-0.3, -0.25) is 0 Å². The van der Waals surface area contributed by atoms with E-state index in [4.69, 9.17) is 4.74 Å². The van der Waals surface area contributed by atoms with Crippen LogP contribution in [0.5, 0.6) is 11.5 Å². The molecule has 0 unspecified atom stereocenters. The van der Waals surface area contributed by atoms with E-state index in [1.807, 2.05) is 54.9 Å². The van der Waals surface area contributed by atoms with Gasteiger partial charge in [0.05, 0.1) is 30.1 Å². The largest absolute Gasteiger partial charge is 0.457 e. The molecule has 188 valence electrons. The van der Waals surface area contributed by atoms with Crippen molar-refractivity contribution in [1.82, 2.24) is 34.8 Å². The maximum atomic E-state index is 14.0. The van der Waals surface area contributed by atoms with Crippen molar-refractivity contribution >= 4 is 39.5 Å². The molecule has 0 aliphatic carbocycles. The Bertz CT molecular complexity index is 1620. The summed E-state index contributed by atoms with van der Waals surface area (Å²) < 4.78 is 36.1. The van der Waals surface area contributed by atoms with Crippen molar-refractivity contribution in [3.05, 3.63) is 60.8 Å². The summed E-state index contributed by atoms with van der Waals surface area (Å²) in [7, 11) is 1.95. The van der Waals surface area contributed by atoms with Gasteiger partial charge in [-0.15, -0.1) is 0 Å². The van der Waals surface area contributed by atoms with Gasteiger partial charge in [-0.1, -0.05) is 0 Å². The van der Waals surface area contributed by atoms with Crippen molar-refractivity contribution in [3.63, 3.8) is 0 Å². The highest BCUT2D eigenvalue weighted by atomic mass is 19.3. The van der Waals surface area contributed by atoms with Crippen LogP contribution in [0, 0.1) is 6.92 Å². The van der Waals surface area contributed by atoms with Gasteiger partial charge in [0.2, 0.25) is 5.95 Å². The number of nitrogens with one attached hydrogen (secondary N) is 3. The SMILES string of the molecule is Cc1cc(Nc2ncnc3cnc(N[C@@H]4CNCC4(F)F)nc23)ccc1Oc1ccc2c(c1)ncn2C. The number of aromatic nitrogens is 6. The number of nitrogens with zero attached hydrogens (tertiary/aromatic N) is 6. The number of fused-ring (bicyclic) bond motifs is 2. The molecular formula is C25H23F2N9O. The van der Waals surface area contributed by atoms with Gasteiger partial charge in [0.15, 0.2) is 5.82 Å². The van der Waals surface area contributed by atoms with Crippen LogP contribution in [-0.2, 0) is 7.05 Å². The van der Waals surface area contributed by atoms with Gasteiger partial charge >= 0.3 is 0 Å². The second kappa shape index (κ2) is 8.89. The van der Waals surface area contributed by atoms with Crippen LogP contribution >= 0.6 is 0 Å². The van der Waals surface area contributed by atoms with E-state index in [1.54, 1.807) is 6.33 Å². The van der Waals surface area contributed by atoms with Gasteiger partial charge in [0.1, 0.15) is 34.9 Å². The topological polar surface area (TPSA) is 115 Å². The third-order valence-electron chi connectivity index (χ3n) is 6.26. The minimum absolute atomic E-state index is 0.0866. The Kier molecular flexibility index (Phi) is 5.52. The van der Waals surface area contributed by atoms with Gasteiger partial charge < -0.3 is 25.3 Å². The average Bonchev–Trinajstić information content (AvgIpc) is 3.41. The Morgan fingerprint density at radius 2 is 1.97 bits per heavy atom. The number of alkyl halides is 2. The maximum Gasteiger partial charge on any atom is 0.281 e. The predicted octanol–water partition coefficient (Wildman–Crippen LogP) is 4.17. The maximum absolute atomic E-state index is 14.0. The van der Waals surface area contributed by atoms with Crippen molar-refractivity contribution in [2.75, 3.05) is 23.7 Å². The predicted molar refractivity (Wildman–Crippen MR) is 136 cm³/mol. The van der Waals surface area contributed by atoms with E-state index in [0.29, 0.717) is 28.4 Å². The van der Waals surface area contributed by atoms with E-state index in [0.717, 1.165) is 22.3 Å². The number of anilines is 3. The average molecular weight is 504 g/mol. The standard InChI is InChI=1S/C25H23F2N9O/c1-14-7-15(3-6-20(14)37-16-4-5-19-17(8-16)32-13-36(19)2)33-23-22-18(30-12-31-23)9-29-24(35-22)34-21-10-28-11-25(21,26)27/h3-9,12-13,21,28H,10-11H2,1-2H3,(H,29,34,35)(H,30,31,33)/t21-/m1/s1. The van der Waals surface area contributed by atoms with Gasteiger partial charge in [-0.25, -0.2) is 33.7 Å². The van der Waals surface area contributed by atoms with Crippen LogP contribution < -0.4 is 20.7 Å². The second-order valence-electron chi connectivity index (χ2n) is 8.95. The third kappa shape index (κ3) is 4.47. The van der Waals surface area contributed by atoms with Crippen LogP contribution in [0.2, 0.25) is 0 Å². The fourth-order valence-corrected chi connectivity index (χ4v) is 4.27. The first-order valence-corrected chi connectivity index (χ1v) is 11.7. The number of halogens is 2. The molecule has 1 atom stereocenters. The van der Waals surface area contributed by atoms with Crippen LogP contribution in [0.25, 0.3) is 22.1 Å². The number of aryl methyl sites for hydroxylation is 2. The number of rotatable bonds is 6. The van der Waals surface area contributed by atoms with Crippen LogP contribution in [0.3, 0.4) is 0 Å². The Labute approximate surface area is 210 Å². The molecular weight excluding hydrogens is 480 g/mol. The molecule has 5 aromatic rings. The fourth-order valence-electron chi connectivity index (χ4n) is 4.27. The molecule has 37 heavy (non-hydrogen) atoms. The lowest BCUT2D eigenvalue weighted by Gasteiger charge is -2.19. The van der Waals surface area contributed by atoms with Crippen LogP contribution in [0.1, 0.15) is 5.56 Å². The zero-order valence-corrected chi connectivity index (χ0v) is 20.0. The highest BCUT2D eigenvalue weighted by Gasteiger charge is 2.44. The molecule has 0 amide bonds. The van der Waals surface area contributed by atoms with Crippen LogP contribution in [0.4, 0.5) is 26.2 Å². The molecule has 1 fully saturated rings. The van der Waals surface area contributed by atoms with Crippen molar-refractivity contribution < 1.29 is 13.5 Å². The molecule has 1 aliphatic rings. The van der Waals surface area contributed by atoms with Crippen LogP contribution in [0.15, 0.2) is 55.2 Å². The first kappa shape index (κ1) is 23.0. The molecule has 12 heteroatoms. The summed E-state index contributed by atoms with van der Waals surface area (Å²) >= 11 is 0. The third-order valence-corrected chi connectivity index (χ3v) is 6.26. The molecule has 1 aliphatic heterocycles. The van der Waals surface area contributed by atoms with E-state index in [1.165, 1.54) is 12.5 Å². The summed E-state index contributed by atoms with van der Waals surface area (Å²) in [5, 5.41) is 8.65. The first-order chi connectivity index (χ1) is 17.9. The Hall–Kier alpha value is -4.45. The van der Waals surface area contributed by atoms with Gasteiger partial charge in [-0.05, 0) is 42.8 Å². The zero-order valence-electron chi connectivity index (χ0n) is 20.0. The summed E-state index contributed by atoms with van der Waals surface area (Å²) in [6, 6.07) is 10.3. The van der Waals surface area contributed by atoms with Crippen molar-refractivity contribution in [2.24, 2.45) is 7.05 Å². The summed E-state index contributed by atoms with van der Waals surface area (Å²) in [5.74, 6) is -0.981. The number of ether oxygens (including phenoxy) is 1. The first-order valence-electron chi connectivity index (χ1n) is 11.7. The molecule has 0 radical (unpaired) electrons. The van der Waals surface area contributed by atoms with Gasteiger partial charge in [-0.2, -0.15) is 0 Å². The zero-order chi connectivity index (χ0) is 25.6. The monoisotopic (exact) mass is 503 g/mol. The lowest BCUT2D eigenvalue weighted by atomic mass is 10.2. The Morgan fingerprint density at radius 3 is 2.78 bits per heavy atom. The second-order valence-corrected chi connectivity index (χ2v) is 8.95. The number of imidazole rings is 1. The van der Waals surface area contributed by atoms with E-state index in [9.17, 15) is 8.78 Å². The quantitative estimate of drug-likeness (QED) is 0.314. The summed E-state index contributed by atoms with van der Waals surface area (Å²) in [6.07, 6.45) is 4.65. The lowest BCUT2D eigenvalue weighted by Crippen LogP contribution is -2.38.